The number of nitrogens with zero attached hydrogens (tertiary/aromatic N) is 4. The standard InChI is InChI=1S/C17H27F3N4/c18-17(19,20)14-24-11-7-21-16(24)13-22-8-5-6-15(12-22)23-9-3-1-2-4-10-23/h7,11,15H,1-6,8-10,12-14H2. The summed E-state index contributed by atoms with van der Waals surface area (Å²) in [5.74, 6) is 0.517. The molecule has 2 aliphatic heterocycles. The van der Waals surface area contributed by atoms with Crippen molar-refractivity contribution in [3.05, 3.63) is 18.2 Å². The third-order valence-electron chi connectivity index (χ3n) is 5.15. The molecule has 3 heterocycles. The van der Waals surface area contributed by atoms with Crippen molar-refractivity contribution in [2.45, 2.75) is 63.8 Å². The second-order valence-electron chi connectivity index (χ2n) is 7.07. The number of rotatable bonds is 4. The van der Waals surface area contributed by atoms with Gasteiger partial charge < -0.3 is 4.57 Å². The molecular weight excluding hydrogens is 317 g/mol. The van der Waals surface area contributed by atoms with Gasteiger partial charge in [0.2, 0.25) is 0 Å². The Morgan fingerprint density at radius 2 is 1.79 bits per heavy atom. The molecule has 2 aliphatic rings. The lowest BCUT2D eigenvalue weighted by atomic mass is 10.0. The van der Waals surface area contributed by atoms with Gasteiger partial charge in [-0.15, -0.1) is 0 Å². The molecule has 1 unspecified atom stereocenters. The Morgan fingerprint density at radius 3 is 2.50 bits per heavy atom. The Balaban J connectivity index is 1.58. The van der Waals surface area contributed by atoms with E-state index < -0.39 is 12.7 Å². The summed E-state index contributed by atoms with van der Waals surface area (Å²) >= 11 is 0. The van der Waals surface area contributed by atoms with E-state index in [4.69, 9.17) is 0 Å². The van der Waals surface area contributed by atoms with Crippen LogP contribution in [0, 0.1) is 0 Å². The Labute approximate surface area is 141 Å². The van der Waals surface area contributed by atoms with Crippen LogP contribution in [0.5, 0.6) is 0 Å². The van der Waals surface area contributed by atoms with Crippen LogP contribution in [0.4, 0.5) is 13.2 Å². The van der Waals surface area contributed by atoms with E-state index in [1.54, 1.807) is 0 Å². The van der Waals surface area contributed by atoms with Gasteiger partial charge in [-0.05, 0) is 45.3 Å². The van der Waals surface area contributed by atoms with E-state index in [2.05, 4.69) is 14.8 Å². The van der Waals surface area contributed by atoms with Crippen LogP contribution in [0.25, 0.3) is 0 Å². The Bertz CT molecular complexity index is 506. The highest BCUT2D eigenvalue weighted by atomic mass is 19.4. The van der Waals surface area contributed by atoms with E-state index in [0.717, 1.165) is 19.5 Å². The highest BCUT2D eigenvalue weighted by Crippen LogP contribution is 2.22. The predicted octanol–water partition coefficient (Wildman–Crippen LogP) is 3.29. The monoisotopic (exact) mass is 344 g/mol. The summed E-state index contributed by atoms with van der Waals surface area (Å²) in [5, 5.41) is 0. The molecule has 136 valence electrons. The van der Waals surface area contributed by atoms with Crippen molar-refractivity contribution in [3.63, 3.8) is 0 Å². The third kappa shape index (κ3) is 4.96. The maximum absolute atomic E-state index is 12.7. The second-order valence-corrected chi connectivity index (χ2v) is 7.07. The predicted molar refractivity (Wildman–Crippen MR) is 86.6 cm³/mol. The van der Waals surface area contributed by atoms with Crippen molar-refractivity contribution in [2.75, 3.05) is 26.2 Å². The van der Waals surface area contributed by atoms with E-state index in [9.17, 15) is 13.2 Å². The fraction of sp³-hybridized carbons (Fsp3) is 0.824. The summed E-state index contributed by atoms with van der Waals surface area (Å²) in [4.78, 5) is 9.03. The molecule has 4 nitrogen and oxygen atoms in total. The number of aromatic nitrogens is 2. The van der Waals surface area contributed by atoms with Gasteiger partial charge in [-0.25, -0.2) is 4.98 Å². The lowest BCUT2D eigenvalue weighted by Crippen LogP contribution is -2.48. The van der Waals surface area contributed by atoms with Crippen molar-refractivity contribution in [1.82, 2.24) is 19.4 Å². The molecule has 0 radical (unpaired) electrons. The number of hydrogen-bond donors (Lipinski definition) is 0. The average Bonchev–Trinajstić information content (AvgIpc) is 2.79. The van der Waals surface area contributed by atoms with Crippen LogP contribution in [-0.2, 0) is 13.1 Å². The summed E-state index contributed by atoms with van der Waals surface area (Å²) < 4.78 is 39.2. The van der Waals surface area contributed by atoms with Crippen molar-refractivity contribution in [3.8, 4) is 0 Å². The Kier molecular flexibility index (Phi) is 5.81. The first-order valence-electron chi connectivity index (χ1n) is 9.04. The van der Waals surface area contributed by atoms with Crippen LogP contribution < -0.4 is 0 Å². The SMILES string of the molecule is FC(F)(F)Cn1ccnc1CN1CCCC(N2CCCCCC2)C1. The van der Waals surface area contributed by atoms with E-state index in [-0.39, 0.29) is 0 Å². The summed E-state index contributed by atoms with van der Waals surface area (Å²) in [6, 6.07) is 0.544. The molecule has 1 atom stereocenters. The molecule has 1 aromatic heterocycles. The van der Waals surface area contributed by atoms with Crippen molar-refractivity contribution >= 4 is 0 Å². The van der Waals surface area contributed by atoms with Crippen molar-refractivity contribution < 1.29 is 13.2 Å². The minimum atomic E-state index is -4.20. The van der Waals surface area contributed by atoms with Gasteiger partial charge in [0.25, 0.3) is 0 Å². The van der Waals surface area contributed by atoms with Crippen LogP contribution >= 0.6 is 0 Å². The largest absolute Gasteiger partial charge is 0.406 e. The van der Waals surface area contributed by atoms with Gasteiger partial charge >= 0.3 is 6.18 Å². The zero-order chi connectivity index (χ0) is 17.0. The van der Waals surface area contributed by atoms with E-state index in [1.807, 2.05) is 0 Å². The highest BCUT2D eigenvalue weighted by molar-refractivity contribution is 4.94. The molecule has 0 amide bonds. The van der Waals surface area contributed by atoms with Gasteiger partial charge in [0.05, 0.1) is 6.54 Å². The minimum absolute atomic E-state index is 0.507. The number of piperidine rings is 1. The zero-order valence-electron chi connectivity index (χ0n) is 14.1. The minimum Gasteiger partial charge on any atom is -0.325 e. The van der Waals surface area contributed by atoms with Gasteiger partial charge in [0.15, 0.2) is 0 Å². The fourth-order valence-electron chi connectivity index (χ4n) is 3.96. The molecular formula is C17H27F3N4. The Morgan fingerprint density at radius 1 is 1.04 bits per heavy atom. The normalized spacial score (nSPS) is 24.9. The van der Waals surface area contributed by atoms with Crippen LogP contribution in [0.15, 0.2) is 12.4 Å². The van der Waals surface area contributed by atoms with Gasteiger partial charge in [-0.2, -0.15) is 13.2 Å². The summed E-state index contributed by atoms with van der Waals surface area (Å²) in [6.45, 7) is 3.78. The molecule has 2 saturated heterocycles. The lowest BCUT2D eigenvalue weighted by molar-refractivity contribution is -0.141. The third-order valence-corrected chi connectivity index (χ3v) is 5.15. The van der Waals surface area contributed by atoms with Crippen LogP contribution in [0.2, 0.25) is 0 Å². The van der Waals surface area contributed by atoms with Crippen molar-refractivity contribution in [2.24, 2.45) is 0 Å². The summed E-state index contributed by atoms with van der Waals surface area (Å²) in [6.07, 6.45) is 6.19. The fourth-order valence-corrected chi connectivity index (χ4v) is 3.96. The Hall–Kier alpha value is -1.08. The summed E-state index contributed by atoms with van der Waals surface area (Å²) in [7, 11) is 0. The first kappa shape index (κ1) is 17.7. The maximum atomic E-state index is 12.7. The molecule has 3 rings (SSSR count). The van der Waals surface area contributed by atoms with Crippen LogP contribution in [0.3, 0.4) is 0 Å². The lowest BCUT2D eigenvalue weighted by Gasteiger charge is -2.39. The molecule has 0 aliphatic carbocycles. The van der Waals surface area contributed by atoms with Gasteiger partial charge in [-0.1, -0.05) is 12.8 Å². The van der Waals surface area contributed by atoms with E-state index in [1.165, 1.54) is 62.2 Å². The maximum Gasteiger partial charge on any atom is 0.406 e. The molecule has 24 heavy (non-hydrogen) atoms. The number of halogens is 3. The number of hydrogen-bond acceptors (Lipinski definition) is 3. The smallest absolute Gasteiger partial charge is 0.325 e. The molecule has 7 heteroatoms. The number of likely N-dealkylation sites (tertiary alicyclic amines) is 2. The molecule has 0 aromatic carbocycles. The average molecular weight is 344 g/mol. The zero-order valence-corrected chi connectivity index (χ0v) is 14.1. The first-order chi connectivity index (χ1) is 11.5. The van der Waals surface area contributed by atoms with Gasteiger partial charge in [0.1, 0.15) is 12.4 Å². The first-order valence-corrected chi connectivity index (χ1v) is 9.04. The molecule has 2 fully saturated rings. The molecule has 1 aromatic rings. The van der Waals surface area contributed by atoms with E-state index in [0.29, 0.717) is 18.4 Å². The van der Waals surface area contributed by atoms with Crippen LogP contribution in [-0.4, -0.2) is 57.7 Å². The molecule has 0 saturated carbocycles. The summed E-state index contributed by atoms with van der Waals surface area (Å²) in [5.41, 5.74) is 0. The molecule has 0 bridgehead atoms. The van der Waals surface area contributed by atoms with Gasteiger partial charge in [0, 0.05) is 25.0 Å². The van der Waals surface area contributed by atoms with Gasteiger partial charge in [-0.3, -0.25) is 9.80 Å². The topological polar surface area (TPSA) is 24.3 Å². The van der Waals surface area contributed by atoms with E-state index >= 15 is 0 Å². The number of alkyl halides is 3. The van der Waals surface area contributed by atoms with Crippen molar-refractivity contribution in [1.29, 1.82) is 0 Å². The quantitative estimate of drug-likeness (QED) is 0.838. The van der Waals surface area contributed by atoms with Crippen LogP contribution in [0.1, 0.15) is 44.3 Å². The second kappa shape index (κ2) is 7.87. The highest BCUT2D eigenvalue weighted by Gasteiger charge is 2.30. The number of imidazole rings is 1. The molecule has 0 spiro atoms. The molecule has 0 N–H and O–H groups in total.